The lowest BCUT2D eigenvalue weighted by atomic mass is 9.98. The Labute approximate surface area is 77.2 Å². The molecule has 0 radical (unpaired) electrons. The fourth-order valence-corrected chi connectivity index (χ4v) is 0.862. The number of nitrogens with zero attached hydrogens (tertiary/aromatic N) is 1. The van der Waals surface area contributed by atoms with E-state index in [0.717, 1.165) is 0 Å². The average molecular weight is 209 g/mol. The highest BCUT2D eigenvalue weighted by Gasteiger charge is 2.48. The summed E-state index contributed by atoms with van der Waals surface area (Å²) in [6, 6.07) is 0. The third-order valence-electron chi connectivity index (χ3n) is 1.59. The van der Waals surface area contributed by atoms with E-state index in [2.05, 4.69) is 4.84 Å². The molecule has 0 aromatic rings. The number of alkyl halides is 3. The topological polar surface area (TPSA) is 49.8 Å². The van der Waals surface area contributed by atoms with Crippen LogP contribution in [0, 0.1) is 12.3 Å². The van der Waals surface area contributed by atoms with Crippen molar-refractivity contribution in [2.24, 2.45) is 0 Å². The zero-order valence-electron chi connectivity index (χ0n) is 6.84. The summed E-state index contributed by atoms with van der Waals surface area (Å²) in [7, 11) is 0. The van der Waals surface area contributed by atoms with Crippen LogP contribution in [0.25, 0.3) is 0 Å². The molecule has 0 saturated carbocycles. The van der Waals surface area contributed by atoms with Gasteiger partial charge in [-0.05, 0) is 0 Å². The van der Waals surface area contributed by atoms with Crippen LogP contribution in [-0.2, 0) is 9.63 Å². The number of halogens is 3. The molecule has 0 spiro atoms. The molecule has 14 heavy (non-hydrogen) atoms. The van der Waals surface area contributed by atoms with Gasteiger partial charge < -0.3 is 9.94 Å². The van der Waals surface area contributed by atoms with Gasteiger partial charge in [-0.15, -0.1) is 11.5 Å². The lowest BCUT2D eigenvalue weighted by molar-refractivity contribution is -0.274. The van der Waals surface area contributed by atoms with Crippen LogP contribution in [0.15, 0.2) is 0 Å². The summed E-state index contributed by atoms with van der Waals surface area (Å²) in [4.78, 5) is 14.1. The summed E-state index contributed by atoms with van der Waals surface area (Å²) in [6.07, 6.45) is -0.180. The molecule has 0 aliphatic carbocycles. The Morgan fingerprint density at radius 3 is 2.43 bits per heavy atom. The first kappa shape index (κ1) is 10.8. The first-order valence-electron chi connectivity index (χ1n) is 3.51. The van der Waals surface area contributed by atoms with Crippen LogP contribution in [0.2, 0.25) is 0 Å². The molecule has 1 N–H and O–H groups in total. The van der Waals surface area contributed by atoms with Crippen LogP contribution >= 0.6 is 0 Å². The van der Waals surface area contributed by atoms with Crippen LogP contribution in [0.3, 0.4) is 0 Å². The van der Waals surface area contributed by atoms with Gasteiger partial charge in [0.15, 0.2) is 5.60 Å². The highest BCUT2D eigenvalue weighted by Crippen LogP contribution is 2.23. The largest absolute Gasteiger partial charge is 0.492 e. The SMILES string of the molecule is C#CC1(O)CN(OC(=O)C(F)(F)F)C1. The van der Waals surface area contributed by atoms with Crippen LogP contribution < -0.4 is 0 Å². The quantitative estimate of drug-likeness (QED) is 0.602. The van der Waals surface area contributed by atoms with Crippen molar-refractivity contribution in [2.75, 3.05) is 13.1 Å². The van der Waals surface area contributed by atoms with Gasteiger partial charge >= 0.3 is 12.1 Å². The predicted molar refractivity (Wildman–Crippen MR) is 37.5 cm³/mol. The second-order valence-electron chi connectivity index (χ2n) is 2.85. The molecule has 1 saturated heterocycles. The van der Waals surface area contributed by atoms with Crippen molar-refractivity contribution in [2.45, 2.75) is 11.8 Å². The van der Waals surface area contributed by atoms with Gasteiger partial charge in [-0.2, -0.15) is 13.2 Å². The van der Waals surface area contributed by atoms with Crippen LogP contribution in [-0.4, -0.2) is 41.0 Å². The van der Waals surface area contributed by atoms with Gasteiger partial charge in [-0.25, -0.2) is 4.79 Å². The van der Waals surface area contributed by atoms with Gasteiger partial charge in [0.25, 0.3) is 0 Å². The Balaban J connectivity index is 2.38. The maximum atomic E-state index is 11.6. The molecule has 0 aromatic heterocycles. The number of carbonyl (C=O) groups is 1. The van der Waals surface area contributed by atoms with E-state index >= 15 is 0 Å². The van der Waals surface area contributed by atoms with Gasteiger partial charge in [0, 0.05) is 0 Å². The van der Waals surface area contributed by atoms with Crippen molar-refractivity contribution in [3.05, 3.63) is 0 Å². The van der Waals surface area contributed by atoms with E-state index in [1.54, 1.807) is 0 Å². The van der Waals surface area contributed by atoms with Gasteiger partial charge in [0.2, 0.25) is 0 Å². The molecule has 0 amide bonds. The Kier molecular flexibility index (Phi) is 2.43. The number of β-amino-alcohol motifs (C(OH)–C–C–N with tert-alkyl or cyclic N) is 1. The molecule has 1 fully saturated rings. The number of hydroxylamine groups is 2. The summed E-state index contributed by atoms with van der Waals surface area (Å²) < 4.78 is 34.9. The number of rotatable bonds is 1. The predicted octanol–water partition coefficient (Wildman–Crippen LogP) is -0.313. The third kappa shape index (κ3) is 2.16. The van der Waals surface area contributed by atoms with Crippen molar-refractivity contribution in [1.82, 2.24) is 5.06 Å². The Hall–Kier alpha value is -1.26. The molecule has 78 valence electrons. The van der Waals surface area contributed by atoms with Crippen molar-refractivity contribution < 1.29 is 27.9 Å². The van der Waals surface area contributed by atoms with Gasteiger partial charge in [0.05, 0.1) is 13.1 Å². The molecule has 1 rings (SSSR count). The molecule has 0 atom stereocenters. The number of hydrogen-bond donors (Lipinski definition) is 1. The van der Waals surface area contributed by atoms with E-state index in [1.807, 2.05) is 5.92 Å². The minimum Gasteiger partial charge on any atom is -0.375 e. The van der Waals surface area contributed by atoms with Gasteiger partial charge in [-0.3, -0.25) is 0 Å². The summed E-state index contributed by atoms with van der Waals surface area (Å²) in [5.74, 6) is -0.362. The average Bonchev–Trinajstić information content (AvgIpc) is 1.99. The minimum atomic E-state index is -5.04. The first-order valence-corrected chi connectivity index (χ1v) is 3.51. The lowest BCUT2D eigenvalue weighted by Crippen LogP contribution is -2.61. The molecule has 1 aliphatic rings. The van der Waals surface area contributed by atoms with Crippen LogP contribution in [0.4, 0.5) is 13.2 Å². The van der Waals surface area contributed by atoms with Gasteiger partial charge in [0.1, 0.15) is 0 Å². The van der Waals surface area contributed by atoms with Crippen molar-refractivity contribution in [3.63, 3.8) is 0 Å². The maximum absolute atomic E-state index is 11.6. The lowest BCUT2D eigenvalue weighted by Gasteiger charge is -2.40. The van der Waals surface area contributed by atoms with Crippen molar-refractivity contribution >= 4 is 5.97 Å². The highest BCUT2D eigenvalue weighted by atomic mass is 19.4. The Morgan fingerprint density at radius 2 is 2.07 bits per heavy atom. The number of terminal acetylenes is 1. The molecular formula is C7H6F3NO3. The smallest absolute Gasteiger partial charge is 0.375 e. The fourth-order valence-electron chi connectivity index (χ4n) is 0.862. The summed E-state index contributed by atoms with van der Waals surface area (Å²) in [5, 5.41) is 9.80. The van der Waals surface area contributed by atoms with E-state index in [4.69, 9.17) is 11.5 Å². The third-order valence-corrected chi connectivity index (χ3v) is 1.59. The van der Waals surface area contributed by atoms with E-state index in [0.29, 0.717) is 5.06 Å². The van der Waals surface area contributed by atoms with E-state index < -0.39 is 17.7 Å². The van der Waals surface area contributed by atoms with Crippen molar-refractivity contribution in [1.29, 1.82) is 0 Å². The van der Waals surface area contributed by atoms with E-state index in [9.17, 15) is 18.0 Å². The zero-order chi connectivity index (χ0) is 11.0. The normalized spacial score (nSPS) is 20.8. The number of hydrogen-bond acceptors (Lipinski definition) is 4. The second-order valence-corrected chi connectivity index (χ2v) is 2.85. The molecule has 4 nitrogen and oxygen atoms in total. The minimum absolute atomic E-state index is 0.314. The molecule has 0 bridgehead atoms. The number of aliphatic hydroxyl groups is 1. The maximum Gasteiger partial charge on any atom is 0.492 e. The molecule has 1 heterocycles. The van der Waals surface area contributed by atoms with Gasteiger partial charge in [-0.1, -0.05) is 5.92 Å². The monoisotopic (exact) mass is 209 g/mol. The molecule has 0 aromatic carbocycles. The van der Waals surface area contributed by atoms with E-state index in [-0.39, 0.29) is 13.1 Å². The standard InChI is InChI=1S/C7H6F3NO3/c1-2-6(13)3-11(4-6)14-5(12)7(8,9)10/h1,13H,3-4H2. The molecule has 7 heteroatoms. The Bertz CT molecular complexity index is 288. The van der Waals surface area contributed by atoms with Crippen LogP contribution in [0.1, 0.15) is 0 Å². The molecule has 1 aliphatic heterocycles. The number of carbonyl (C=O) groups excluding carboxylic acids is 1. The summed E-state index contributed by atoms with van der Waals surface area (Å²) >= 11 is 0. The Morgan fingerprint density at radius 1 is 1.57 bits per heavy atom. The molecule has 0 unspecified atom stereocenters. The highest BCUT2D eigenvalue weighted by molar-refractivity contribution is 5.75. The fraction of sp³-hybridized carbons (Fsp3) is 0.571. The van der Waals surface area contributed by atoms with E-state index in [1.165, 1.54) is 0 Å². The van der Waals surface area contributed by atoms with Crippen LogP contribution in [0.5, 0.6) is 0 Å². The summed E-state index contributed by atoms with van der Waals surface area (Å²) in [5.41, 5.74) is -1.49. The summed E-state index contributed by atoms with van der Waals surface area (Å²) in [6.45, 7) is -0.628. The van der Waals surface area contributed by atoms with Crippen molar-refractivity contribution in [3.8, 4) is 12.3 Å². The zero-order valence-corrected chi connectivity index (χ0v) is 6.84. The molecular weight excluding hydrogens is 203 g/mol. The second kappa shape index (κ2) is 3.15. The first-order chi connectivity index (χ1) is 6.27.